The topological polar surface area (TPSA) is 48.6 Å². The van der Waals surface area contributed by atoms with Gasteiger partial charge in [-0.05, 0) is 89.9 Å². The summed E-state index contributed by atoms with van der Waals surface area (Å²) in [5, 5.41) is 8.79. The molecule has 0 spiro atoms. The van der Waals surface area contributed by atoms with Crippen LogP contribution in [0, 0.1) is 29.1 Å². The summed E-state index contributed by atoms with van der Waals surface area (Å²) in [7, 11) is 0. The van der Waals surface area contributed by atoms with Crippen LogP contribution in [-0.4, -0.2) is 17.8 Å². The average Bonchev–Trinajstić information content (AvgIpc) is 3.11. The van der Waals surface area contributed by atoms with Gasteiger partial charge in [0.15, 0.2) is 5.84 Å². The van der Waals surface area contributed by atoms with E-state index < -0.39 is 0 Å². The predicted molar refractivity (Wildman–Crippen MR) is 199 cm³/mol. The van der Waals surface area contributed by atoms with Crippen molar-refractivity contribution < 1.29 is 0 Å². The van der Waals surface area contributed by atoms with Crippen molar-refractivity contribution in [2.24, 2.45) is 33.7 Å². The molecule has 5 rings (SSSR count). The molecular weight excluding hydrogens is 558 g/mol. The zero-order chi connectivity index (χ0) is 32.3. The van der Waals surface area contributed by atoms with Crippen LogP contribution in [0.4, 0.5) is 0 Å². The SMILES string of the molecule is C=C/C=C\C(=C)C(=C)/C=C\C(=C)C(=N)/N=C(\C=C\C1C=CC(C2C=NC=CC2)=CC1)C1=CCC(C2=CCC3CCC=CC3=C2)C=C1. The van der Waals surface area contributed by atoms with Crippen LogP contribution >= 0.6 is 0 Å². The maximum atomic E-state index is 8.79. The van der Waals surface area contributed by atoms with Gasteiger partial charge < -0.3 is 0 Å². The minimum Gasteiger partial charge on any atom is -0.282 e. The molecule has 1 heterocycles. The normalized spacial score (nSPS) is 25.7. The minimum absolute atomic E-state index is 0.119. The lowest BCUT2D eigenvalue weighted by molar-refractivity contribution is 0.556. The van der Waals surface area contributed by atoms with Crippen molar-refractivity contribution in [3.8, 4) is 0 Å². The minimum atomic E-state index is 0.119. The van der Waals surface area contributed by atoms with E-state index in [-0.39, 0.29) is 11.8 Å². The van der Waals surface area contributed by atoms with Crippen LogP contribution in [0.3, 0.4) is 0 Å². The Bertz CT molecular complexity index is 1680. The smallest absolute Gasteiger partial charge is 0.151 e. The van der Waals surface area contributed by atoms with Crippen LogP contribution in [0.1, 0.15) is 38.5 Å². The predicted octanol–water partition coefficient (Wildman–Crippen LogP) is 10.8. The second kappa shape index (κ2) is 15.9. The summed E-state index contributed by atoms with van der Waals surface area (Å²) < 4.78 is 0. The quantitative estimate of drug-likeness (QED) is 0.139. The van der Waals surface area contributed by atoms with Gasteiger partial charge in [-0.1, -0.05) is 130 Å². The van der Waals surface area contributed by atoms with E-state index in [2.05, 4.69) is 110 Å². The fraction of sp³-hybridized carbons (Fsp3) is 0.233. The molecule has 0 fully saturated rings. The van der Waals surface area contributed by atoms with E-state index in [1.807, 2.05) is 30.6 Å². The van der Waals surface area contributed by atoms with Crippen molar-refractivity contribution in [3.05, 3.63) is 181 Å². The summed E-state index contributed by atoms with van der Waals surface area (Å²) in [5.74, 6) is 1.77. The van der Waals surface area contributed by atoms with Crippen molar-refractivity contribution in [3.63, 3.8) is 0 Å². The Balaban J connectivity index is 1.31. The lowest BCUT2D eigenvalue weighted by atomic mass is 9.78. The number of amidine groups is 1. The molecule has 0 amide bonds. The van der Waals surface area contributed by atoms with Gasteiger partial charge in [-0.15, -0.1) is 0 Å². The van der Waals surface area contributed by atoms with Gasteiger partial charge in [-0.3, -0.25) is 10.4 Å². The molecule has 0 aromatic carbocycles. The number of nitrogens with zero attached hydrogens (tertiary/aromatic N) is 2. The number of aliphatic imine (C=N–C) groups is 2. The number of allylic oxidation sites excluding steroid dienone is 23. The molecule has 5 aliphatic rings. The van der Waals surface area contributed by atoms with Gasteiger partial charge in [0.2, 0.25) is 0 Å². The molecule has 0 aromatic rings. The Morgan fingerprint density at radius 3 is 2.37 bits per heavy atom. The molecule has 1 aliphatic heterocycles. The van der Waals surface area contributed by atoms with Crippen LogP contribution < -0.4 is 0 Å². The van der Waals surface area contributed by atoms with Crippen molar-refractivity contribution >= 4 is 17.8 Å². The molecule has 4 atom stereocenters. The number of nitrogens with one attached hydrogen (secondary N) is 1. The first-order valence-electron chi connectivity index (χ1n) is 16.3. The number of hydrogen-bond acceptors (Lipinski definition) is 2. The summed E-state index contributed by atoms with van der Waals surface area (Å²) in [5.41, 5.74) is 8.04. The summed E-state index contributed by atoms with van der Waals surface area (Å²) in [6.07, 6.45) is 48.7. The van der Waals surface area contributed by atoms with Crippen LogP contribution in [0.15, 0.2) is 191 Å². The average molecular weight is 604 g/mol. The fourth-order valence-corrected chi connectivity index (χ4v) is 6.14. The molecule has 46 heavy (non-hydrogen) atoms. The molecule has 4 aliphatic carbocycles. The highest BCUT2D eigenvalue weighted by Gasteiger charge is 2.22. The zero-order valence-electron chi connectivity index (χ0n) is 26.8. The molecule has 3 nitrogen and oxygen atoms in total. The van der Waals surface area contributed by atoms with Gasteiger partial charge >= 0.3 is 0 Å². The third-order valence-electron chi connectivity index (χ3n) is 9.07. The largest absolute Gasteiger partial charge is 0.282 e. The van der Waals surface area contributed by atoms with E-state index in [9.17, 15) is 0 Å². The van der Waals surface area contributed by atoms with Crippen LogP contribution in [0.25, 0.3) is 0 Å². The first-order chi connectivity index (χ1) is 22.4. The molecule has 0 bridgehead atoms. The highest BCUT2D eigenvalue weighted by molar-refractivity contribution is 6.17. The molecule has 1 N–H and O–H groups in total. The standard InChI is InChI=1S/C43H45N3/c1-5-6-10-31(2)32(3)14-15-33(4)43(44)46-42(27-18-34-16-19-37(20-17-34)41-13-9-28-45-30-41)38-24-21-36(22-25-38)40-26-23-35-11-7-8-12-39(35)29-40/h5-6,8-10,12,14-16,18-21,24-30,34-36,41,44H,1-4,7,11,13,17,22-23H2/b10-6-,15-14-,27-18+,44-43?,46-42+. The summed E-state index contributed by atoms with van der Waals surface area (Å²) in [4.78, 5) is 9.12. The number of hydrogen-bond donors (Lipinski definition) is 1. The van der Waals surface area contributed by atoms with E-state index in [1.165, 1.54) is 29.6 Å². The highest BCUT2D eigenvalue weighted by atomic mass is 14.8. The molecule has 0 saturated heterocycles. The molecule has 4 unspecified atom stereocenters. The second-order valence-electron chi connectivity index (χ2n) is 12.3. The van der Waals surface area contributed by atoms with Crippen molar-refractivity contribution in [2.45, 2.75) is 38.5 Å². The molecule has 3 heteroatoms. The van der Waals surface area contributed by atoms with E-state index in [4.69, 9.17) is 10.4 Å². The molecular formula is C43H45N3. The Morgan fingerprint density at radius 1 is 0.804 bits per heavy atom. The van der Waals surface area contributed by atoms with Crippen LogP contribution in [-0.2, 0) is 0 Å². The molecule has 0 radical (unpaired) electrons. The Morgan fingerprint density at radius 2 is 1.63 bits per heavy atom. The van der Waals surface area contributed by atoms with Gasteiger partial charge in [0, 0.05) is 29.8 Å². The van der Waals surface area contributed by atoms with Crippen molar-refractivity contribution in [1.82, 2.24) is 0 Å². The Hall–Kier alpha value is -4.89. The van der Waals surface area contributed by atoms with Crippen LogP contribution in [0.5, 0.6) is 0 Å². The molecule has 0 saturated carbocycles. The highest BCUT2D eigenvalue weighted by Crippen LogP contribution is 2.36. The number of rotatable bonds is 11. The fourth-order valence-electron chi connectivity index (χ4n) is 6.14. The third-order valence-corrected chi connectivity index (χ3v) is 9.07. The van der Waals surface area contributed by atoms with Crippen molar-refractivity contribution in [2.75, 3.05) is 0 Å². The summed E-state index contributed by atoms with van der Waals surface area (Å²) in [6.45, 7) is 15.9. The molecule has 232 valence electrons. The lowest BCUT2D eigenvalue weighted by Crippen LogP contribution is -2.14. The summed E-state index contributed by atoms with van der Waals surface area (Å²) >= 11 is 0. The third kappa shape index (κ3) is 8.63. The van der Waals surface area contributed by atoms with Gasteiger partial charge in [0.1, 0.15) is 0 Å². The maximum absolute atomic E-state index is 8.79. The van der Waals surface area contributed by atoms with Crippen molar-refractivity contribution in [1.29, 1.82) is 5.41 Å². The lowest BCUT2D eigenvalue weighted by Gasteiger charge is -2.27. The zero-order valence-corrected chi connectivity index (χ0v) is 26.8. The van der Waals surface area contributed by atoms with Gasteiger partial charge in [0.25, 0.3) is 0 Å². The van der Waals surface area contributed by atoms with E-state index in [1.54, 1.807) is 12.2 Å². The first-order valence-corrected chi connectivity index (χ1v) is 16.3. The Labute approximate surface area is 275 Å². The Kier molecular flexibility index (Phi) is 11.2. The monoisotopic (exact) mass is 603 g/mol. The van der Waals surface area contributed by atoms with Crippen LogP contribution in [0.2, 0.25) is 0 Å². The number of fused-ring (bicyclic) bond motifs is 1. The maximum Gasteiger partial charge on any atom is 0.151 e. The van der Waals surface area contributed by atoms with E-state index in [0.29, 0.717) is 23.3 Å². The van der Waals surface area contributed by atoms with Gasteiger partial charge in [-0.2, -0.15) is 0 Å². The second-order valence-corrected chi connectivity index (χ2v) is 12.3. The summed E-state index contributed by atoms with van der Waals surface area (Å²) in [6, 6.07) is 0. The first kappa shape index (κ1) is 32.5. The van der Waals surface area contributed by atoms with Gasteiger partial charge in [0.05, 0.1) is 5.71 Å². The van der Waals surface area contributed by atoms with E-state index in [0.717, 1.165) is 48.1 Å². The van der Waals surface area contributed by atoms with E-state index >= 15 is 0 Å². The molecule has 0 aromatic heterocycles. The van der Waals surface area contributed by atoms with Gasteiger partial charge in [-0.25, -0.2) is 4.99 Å².